The summed E-state index contributed by atoms with van der Waals surface area (Å²) in [5.74, 6) is 2.28. The number of halogens is 1. The van der Waals surface area contributed by atoms with Gasteiger partial charge in [0.25, 0.3) is 0 Å². The van der Waals surface area contributed by atoms with Crippen LogP contribution in [-0.4, -0.2) is 56.7 Å². The van der Waals surface area contributed by atoms with Crippen molar-refractivity contribution in [2.24, 2.45) is 4.99 Å². The summed E-state index contributed by atoms with van der Waals surface area (Å²) in [6, 6.07) is 5.93. The quantitative estimate of drug-likeness (QED) is 0.322. The molecule has 1 saturated heterocycles. The van der Waals surface area contributed by atoms with Gasteiger partial charge in [-0.15, -0.1) is 24.0 Å². The Hall–Kier alpha value is -1.71. The summed E-state index contributed by atoms with van der Waals surface area (Å²) in [5.41, 5.74) is 1.02. The average Bonchev–Trinajstić information content (AvgIpc) is 3.28. The number of ether oxygens (including phenoxy) is 2. The molecule has 1 aromatic rings. The smallest absolute Gasteiger partial charge is 0.241 e. The van der Waals surface area contributed by atoms with Crippen LogP contribution in [0, 0.1) is 0 Å². The number of nitrogens with one attached hydrogen (secondary N) is 2. The zero-order valence-corrected chi connectivity index (χ0v) is 20.4. The minimum atomic E-state index is 0. The molecule has 1 aromatic carbocycles. The van der Waals surface area contributed by atoms with E-state index in [1.54, 1.807) is 14.2 Å². The largest absolute Gasteiger partial charge is 0.493 e. The number of hydrogen-bond acceptors (Lipinski definition) is 4. The van der Waals surface area contributed by atoms with Crippen LogP contribution in [0.25, 0.3) is 0 Å². The zero-order valence-electron chi connectivity index (χ0n) is 18.1. The highest BCUT2D eigenvalue weighted by Crippen LogP contribution is 2.34. The number of likely N-dealkylation sites (tertiary alicyclic amines) is 1. The second kappa shape index (κ2) is 12.9. The Morgan fingerprint density at radius 2 is 1.87 bits per heavy atom. The fourth-order valence-electron chi connectivity index (χ4n) is 3.98. The molecule has 2 aliphatic rings. The lowest BCUT2D eigenvalue weighted by atomic mass is 10.1. The third-order valence-corrected chi connectivity index (χ3v) is 5.65. The minimum absolute atomic E-state index is 0. The number of methoxy groups -OCH3 is 1. The first-order valence-corrected chi connectivity index (χ1v) is 10.8. The zero-order chi connectivity index (χ0) is 20.5. The molecule has 0 spiro atoms. The van der Waals surface area contributed by atoms with Crippen molar-refractivity contribution in [1.29, 1.82) is 0 Å². The van der Waals surface area contributed by atoms with Crippen LogP contribution in [0.5, 0.6) is 11.5 Å². The number of nitrogens with zero attached hydrogens (tertiary/aromatic N) is 2. The monoisotopic (exact) mass is 530 g/mol. The molecule has 0 atom stereocenters. The Labute approximate surface area is 197 Å². The number of amides is 1. The molecule has 1 saturated carbocycles. The van der Waals surface area contributed by atoms with E-state index in [-0.39, 0.29) is 42.5 Å². The fraction of sp³-hybridized carbons (Fsp3) is 0.636. The van der Waals surface area contributed by atoms with Gasteiger partial charge in [-0.2, -0.15) is 0 Å². The second-order valence-electron chi connectivity index (χ2n) is 7.69. The van der Waals surface area contributed by atoms with E-state index in [1.165, 1.54) is 19.3 Å². The third-order valence-electron chi connectivity index (χ3n) is 5.65. The highest BCUT2D eigenvalue weighted by atomic mass is 127. The first-order chi connectivity index (χ1) is 14.2. The van der Waals surface area contributed by atoms with Crippen molar-refractivity contribution in [1.82, 2.24) is 15.5 Å². The van der Waals surface area contributed by atoms with Crippen LogP contribution >= 0.6 is 24.0 Å². The van der Waals surface area contributed by atoms with Crippen LogP contribution in [0.2, 0.25) is 0 Å². The Morgan fingerprint density at radius 1 is 1.13 bits per heavy atom. The predicted octanol–water partition coefficient (Wildman–Crippen LogP) is 3.31. The molecule has 7 nitrogen and oxygen atoms in total. The molecule has 8 heteroatoms. The van der Waals surface area contributed by atoms with Gasteiger partial charge in [0.05, 0.1) is 19.8 Å². The Kier molecular flexibility index (Phi) is 10.5. The van der Waals surface area contributed by atoms with E-state index in [9.17, 15) is 4.79 Å². The van der Waals surface area contributed by atoms with Gasteiger partial charge in [-0.25, -0.2) is 0 Å². The van der Waals surface area contributed by atoms with Gasteiger partial charge in [-0.1, -0.05) is 12.1 Å². The van der Waals surface area contributed by atoms with E-state index in [0.717, 1.165) is 55.8 Å². The Morgan fingerprint density at radius 3 is 2.53 bits per heavy atom. The molecule has 0 unspecified atom stereocenters. The van der Waals surface area contributed by atoms with Crippen LogP contribution in [0.15, 0.2) is 23.2 Å². The molecule has 3 rings (SSSR count). The summed E-state index contributed by atoms with van der Waals surface area (Å²) < 4.78 is 11.8. The molecule has 1 aliphatic carbocycles. The van der Waals surface area contributed by atoms with Crippen molar-refractivity contribution in [3.63, 3.8) is 0 Å². The van der Waals surface area contributed by atoms with Gasteiger partial charge < -0.3 is 25.0 Å². The number of carbonyl (C=O) groups excluding carboxylic acids is 1. The van der Waals surface area contributed by atoms with Gasteiger partial charge in [-0.3, -0.25) is 9.79 Å². The number of carbonyl (C=O) groups is 1. The van der Waals surface area contributed by atoms with Crippen LogP contribution < -0.4 is 20.1 Å². The van der Waals surface area contributed by atoms with E-state index >= 15 is 0 Å². The van der Waals surface area contributed by atoms with Crippen molar-refractivity contribution in [3.05, 3.63) is 23.8 Å². The molecule has 30 heavy (non-hydrogen) atoms. The minimum Gasteiger partial charge on any atom is -0.493 e. The maximum Gasteiger partial charge on any atom is 0.241 e. The molecule has 0 aromatic heterocycles. The van der Waals surface area contributed by atoms with Crippen LogP contribution in [0.3, 0.4) is 0 Å². The molecule has 1 amide bonds. The summed E-state index contributed by atoms with van der Waals surface area (Å²) in [4.78, 5) is 18.5. The summed E-state index contributed by atoms with van der Waals surface area (Å²) in [7, 11) is 3.38. The van der Waals surface area contributed by atoms with Crippen molar-refractivity contribution in [3.8, 4) is 11.5 Å². The van der Waals surface area contributed by atoms with Crippen molar-refractivity contribution in [2.45, 2.75) is 57.6 Å². The number of aliphatic imine (C=N–C) groups is 1. The van der Waals surface area contributed by atoms with Gasteiger partial charge in [0, 0.05) is 32.2 Å². The van der Waals surface area contributed by atoms with Gasteiger partial charge in [0.2, 0.25) is 5.91 Å². The lowest BCUT2D eigenvalue weighted by Crippen LogP contribution is -2.45. The fourth-order valence-corrected chi connectivity index (χ4v) is 3.98. The van der Waals surface area contributed by atoms with Crippen molar-refractivity contribution < 1.29 is 14.3 Å². The summed E-state index contributed by atoms with van der Waals surface area (Å²) >= 11 is 0. The van der Waals surface area contributed by atoms with Crippen molar-refractivity contribution in [2.75, 3.05) is 33.8 Å². The lowest BCUT2D eigenvalue weighted by molar-refractivity contribution is -0.130. The average molecular weight is 530 g/mol. The van der Waals surface area contributed by atoms with E-state index in [0.29, 0.717) is 12.5 Å². The highest BCUT2D eigenvalue weighted by molar-refractivity contribution is 14.0. The first-order valence-electron chi connectivity index (χ1n) is 10.8. The second-order valence-corrected chi connectivity index (χ2v) is 7.69. The maximum absolute atomic E-state index is 12.4. The normalized spacial score (nSPS) is 17.3. The SMILES string of the molecule is CN=C(NCC(=O)N1CCCCC1)NCc1cccc(OC)c1OC1CCCC1.I. The molecule has 0 radical (unpaired) electrons. The molecule has 1 heterocycles. The topological polar surface area (TPSA) is 75.2 Å². The number of piperidine rings is 1. The van der Waals surface area contributed by atoms with E-state index in [1.807, 2.05) is 23.1 Å². The van der Waals surface area contributed by atoms with E-state index < -0.39 is 0 Å². The number of para-hydroxylation sites is 1. The number of hydrogen-bond donors (Lipinski definition) is 2. The summed E-state index contributed by atoms with van der Waals surface area (Å²) in [5, 5.41) is 6.43. The molecule has 0 bridgehead atoms. The summed E-state index contributed by atoms with van der Waals surface area (Å²) in [6.07, 6.45) is 8.27. The van der Waals surface area contributed by atoms with Gasteiger partial charge in [0.1, 0.15) is 0 Å². The molecular weight excluding hydrogens is 495 g/mol. The summed E-state index contributed by atoms with van der Waals surface area (Å²) in [6.45, 7) is 2.51. The number of benzene rings is 1. The van der Waals surface area contributed by atoms with Crippen LogP contribution in [-0.2, 0) is 11.3 Å². The predicted molar refractivity (Wildman–Crippen MR) is 130 cm³/mol. The molecule has 168 valence electrons. The number of rotatable bonds is 7. The third kappa shape index (κ3) is 6.92. The lowest BCUT2D eigenvalue weighted by Gasteiger charge is -2.27. The molecule has 2 N–H and O–H groups in total. The highest BCUT2D eigenvalue weighted by Gasteiger charge is 2.21. The van der Waals surface area contributed by atoms with E-state index in [2.05, 4.69) is 15.6 Å². The van der Waals surface area contributed by atoms with Gasteiger partial charge in [0.15, 0.2) is 17.5 Å². The van der Waals surface area contributed by atoms with Gasteiger partial charge in [-0.05, 0) is 51.0 Å². The molecule has 1 aliphatic heterocycles. The van der Waals surface area contributed by atoms with Crippen LogP contribution in [0.1, 0.15) is 50.5 Å². The standard InChI is InChI=1S/C22H34N4O3.HI/c1-23-22(25-16-20(27)26-13-6-3-7-14-26)24-15-17-9-8-12-19(28-2)21(17)29-18-10-4-5-11-18;/h8-9,12,18H,3-7,10-11,13-16H2,1-2H3,(H2,23,24,25);1H. The number of guanidine groups is 1. The first kappa shape index (κ1) is 24.6. The van der Waals surface area contributed by atoms with Crippen molar-refractivity contribution >= 4 is 35.8 Å². The Balaban J connectivity index is 0.00000320. The maximum atomic E-state index is 12.4. The van der Waals surface area contributed by atoms with Gasteiger partial charge >= 0.3 is 0 Å². The Bertz CT molecular complexity index is 702. The van der Waals surface area contributed by atoms with Crippen LogP contribution in [0.4, 0.5) is 0 Å². The van der Waals surface area contributed by atoms with E-state index in [4.69, 9.17) is 9.47 Å². The molecule has 2 fully saturated rings. The molecular formula is C22H35IN4O3.